The molecule has 0 saturated heterocycles. The third-order valence-corrected chi connectivity index (χ3v) is 2.76. The number of amides is 1. The number of carbonyl (C=O) groups excluding carboxylic acids is 2. The van der Waals surface area contributed by atoms with Crippen LogP contribution in [0.1, 0.15) is 24.2 Å². The van der Waals surface area contributed by atoms with E-state index in [1.54, 1.807) is 25.1 Å². The van der Waals surface area contributed by atoms with Crippen molar-refractivity contribution in [2.45, 2.75) is 19.9 Å². The first-order valence-electron chi connectivity index (χ1n) is 4.67. The molecule has 1 rings (SSSR count). The van der Waals surface area contributed by atoms with Crippen molar-refractivity contribution in [1.29, 1.82) is 0 Å². The summed E-state index contributed by atoms with van der Waals surface area (Å²) in [6.45, 7) is 3.07. The zero-order valence-electron chi connectivity index (χ0n) is 8.88. The fraction of sp³-hybridized carbons (Fsp3) is 0.273. The van der Waals surface area contributed by atoms with Gasteiger partial charge in [0.15, 0.2) is 5.78 Å². The lowest BCUT2D eigenvalue weighted by atomic mass is 10.2. The second-order valence-corrected chi connectivity index (χ2v) is 4.82. The van der Waals surface area contributed by atoms with Crippen molar-refractivity contribution < 1.29 is 9.59 Å². The fourth-order valence-corrected chi connectivity index (χ4v) is 1.93. The summed E-state index contributed by atoms with van der Waals surface area (Å²) in [5.41, 5.74) is 0.424. The Morgan fingerprint density at radius 3 is 2.50 bits per heavy atom. The summed E-state index contributed by atoms with van der Waals surface area (Å²) in [6, 6.07) is 4.39. The van der Waals surface area contributed by atoms with Gasteiger partial charge in [-0.2, -0.15) is 0 Å². The fourth-order valence-electron chi connectivity index (χ4n) is 1.07. The summed E-state index contributed by atoms with van der Waals surface area (Å²) in [6.07, 6.45) is 0. The van der Waals surface area contributed by atoms with Crippen LogP contribution in [0.5, 0.6) is 0 Å². The van der Waals surface area contributed by atoms with Gasteiger partial charge in [-0.3, -0.25) is 9.59 Å². The SMILES string of the molecule is CC(=O)C(C)NC(=O)c1cc(Cl)cc(Br)c1. The van der Waals surface area contributed by atoms with Crippen molar-refractivity contribution >= 4 is 39.2 Å². The zero-order chi connectivity index (χ0) is 12.3. The molecule has 16 heavy (non-hydrogen) atoms. The van der Waals surface area contributed by atoms with Crippen molar-refractivity contribution in [1.82, 2.24) is 5.32 Å². The molecule has 0 radical (unpaired) electrons. The van der Waals surface area contributed by atoms with E-state index < -0.39 is 6.04 Å². The molecule has 0 bridgehead atoms. The molecule has 1 aromatic rings. The standard InChI is InChI=1S/C11H11BrClNO2/c1-6(7(2)15)14-11(16)8-3-9(12)5-10(13)4-8/h3-6H,1-2H3,(H,14,16). The van der Waals surface area contributed by atoms with Crippen molar-refractivity contribution in [3.05, 3.63) is 33.3 Å². The highest BCUT2D eigenvalue weighted by Gasteiger charge is 2.13. The Balaban J connectivity index is 2.84. The second-order valence-electron chi connectivity index (χ2n) is 3.46. The van der Waals surface area contributed by atoms with Crippen molar-refractivity contribution in [3.63, 3.8) is 0 Å². The van der Waals surface area contributed by atoms with Crippen LogP contribution in [-0.2, 0) is 4.79 Å². The third kappa shape index (κ3) is 3.61. The summed E-state index contributed by atoms with van der Waals surface area (Å²) in [5.74, 6) is -0.402. The number of nitrogens with one attached hydrogen (secondary N) is 1. The molecular formula is C11H11BrClNO2. The molecule has 0 aliphatic carbocycles. The van der Waals surface area contributed by atoms with Crippen molar-refractivity contribution in [2.75, 3.05) is 0 Å². The topological polar surface area (TPSA) is 46.2 Å². The highest BCUT2D eigenvalue weighted by atomic mass is 79.9. The molecule has 5 heteroatoms. The molecule has 1 aromatic carbocycles. The maximum atomic E-state index is 11.7. The van der Waals surface area contributed by atoms with Gasteiger partial charge in [-0.15, -0.1) is 0 Å². The van der Waals surface area contributed by atoms with Crippen LogP contribution in [0.3, 0.4) is 0 Å². The predicted molar refractivity (Wildman–Crippen MR) is 66.8 cm³/mol. The van der Waals surface area contributed by atoms with Crippen molar-refractivity contribution in [3.8, 4) is 0 Å². The Morgan fingerprint density at radius 2 is 2.00 bits per heavy atom. The average Bonchev–Trinajstić information content (AvgIpc) is 2.15. The average molecular weight is 305 g/mol. The van der Waals surface area contributed by atoms with Gasteiger partial charge in [0.05, 0.1) is 6.04 Å². The molecule has 1 N–H and O–H groups in total. The summed E-state index contributed by atoms with van der Waals surface area (Å²) >= 11 is 9.06. The minimum atomic E-state index is -0.495. The highest BCUT2D eigenvalue weighted by Crippen LogP contribution is 2.19. The predicted octanol–water partition coefficient (Wildman–Crippen LogP) is 2.81. The van der Waals surface area contributed by atoms with E-state index in [1.165, 1.54) is 6.92 Å². The van der Waals surface area contributed by atoms with E-state index >= 15 is 0 Å². The van der Waals surface area contributed by atoms with Crippen LogP contribution < -0.4 is 5.32 Å². The molecule has 0 aliphatic rings. The van der Waals surface area contributed by atoms with Crippen LogP contribution in [0.4, 0.5) is 0 Å². The molecule has 0 spiro atoms. The van der Waals surface area contributed by atoms with E-state index in [0.29, 0.717) is 10.6 Å². The molecule has 3 nitrogen and oxygen atoms in total. The van der Waals surface area contributed by atoms with Gasteiger partial charge in [-0.1, -0.05) is 27.5 Å². The van der Waals surface area contributed by atoms with Crippen LogP contribution in [0.25, 0.3) is 0 Å². The first-order valence-corrected chi connectivity index (χ1v) is 5.84. The smallest absolute Gasteiger partial charge is 0.251 e. The maximum absolute atomic E-state index is 11.7. The quantitative estimate of drug-likeness (QED) is 0.933. The van der Waals surface area contributed by atoms with Gasteiger partial charge >= 0.3 is 0 Å². The van der Waals surface area contributed by atoms with E-state index in [4.69, 9.17) is 11.6 Å². The number of hydrogen-bond acceptors (Lipinski definition) is 2. The van der Waals surface area contributed by atoms with Gasteiger partial charge in [0.2, 0.25) is 0 Å². The van der Waals surface area contributed by atoms with Gasteiger partial charge in [0.25, 0.3) is 5.91 Å². The summed E-state index contributed by atoms with van der Waals surface area (Å²) in [7, 11) is 0. The zero-order valence-corrected chi connectivity index (χ0v) is 11.2. The van der Waals surface area contributed by atoms with Crippen LogP contribution >= 0.6 is 27.5 Å². The first kappa shape index (κ1) is 13.2. The number of Topliss-reactive ketones (excluding diaryl/α,β-unsaturated/α-hetero) is 1. The van der Waals surface area contributed by atoms with Crippen molar-refractivity contribution in [2.24, 2.45) is 0 Å². The monoisotopic (exact) mass is 303 g/mol. The number of benzene rings is 1. The Morgan fingerprint density at radius 1 is 1.38 bits per heavy atom. The Labute approximate surface area is 107 Å². The number of halogens is 2. The Kier molecular flexibility index (Phi) is 4.50. The first-order chi connectivity index (χ1) is 7.40. The molecular weight excluding hydrogens is 293 g/mol. The van der Waals surface area contributed by atoms with Gasteiger partial charge in [0.1, 0.15) is 0 Å². The Bertz CT molecular complexity index is 414. The number of carbonyl (C=O) groups is 2. The molecule has 86 valence electrons. The summed E-state index contributed by atoms with van der Waals surface area (Å²) < 4.78 is 0.723. The number of hydrogen-bond donors (Lipinski definition) is 1. The minimum absolute atomic E-state index is 0.0885. The molecule has 0 aliphatic heterocycles. The maximum Gasteiger partial charge on any atom is 0.251 e. The third-order valence-electron chi connectivity index (χ3n) is 2.08. The molecule has 1 amide bonds. The molecule has 0 fully saturated rings. The van der Waals surface area contributed by atoms with Gasteiger partial charge in [-0.25, -0.2) is 0 Å². The van der Waals surface area contributed by atoms with E-state index in [-0.39, 0.29) is 11.7 Å². The Hall–Kier alpha value is -0.870. The van der Waals surface area contributed by atoms with E-state index in [0.717, 1.165) is 4.47 Å². The van der Waals surface area contributed by atoms with Gasteiger partial charge < -0.3 is 5.32 Å². The highest BCUT2D eigenvalue weighted by molar-refractivity contribution is 9.10. The van der Waals surface area contributed by atoms with Crippen LogP contribution in [0, 0.1) is 0 Å². The second kappa shape index (κ2) is 5.46. The van der Waals surface area contributed by atoms with Gasteiger partial charge in [-0.05, 0) is 32.0 Å². The van der Waals surface area contributed by atoms with E-state index in [9.17, 15) is 9.59 Å². The lowest BCUT2D eigenvalue weighted by Crippen LogP contribution is -2.37. The minimum Gasteiger partial charge on any atom is -0.343 e. The van der Waals surface area contributed by atoms with Crippen LogP contribution in [0.2, 0.25) is 5.02 Å². The molecule has 0 aromatic heterocycles. The van der Waals surface area contributed by atoms with Gasteiger partial charge in [0, 0.05) is 15.1 Å². The van der Waals surface area contributed by atoms with E-state index in [2.05, 4.69) is 21.2 Å². The summed E-state index contributed by atoms with van der Waals surface area (Å²) in [4.78, 5) is 22.7. The lowest BCUT2D eigenvalue weighted by Gasteiger charge is -2.10. The lowest BCUT2D eigenvalue weighted by molar-refractivity contribution is -0.118. The molecule has 1 unspecified atom stereocenters. The summed E-state index contributed by atoms with van der Waals surface area (Å²) in [5, 5.41) is 3.05. The normalized spacial score (nSPS) is 12.0. The molecule has 0 heterocycles. The van der Waals surface area contributed by atoms with E-state index in [1.807, 2.05) is 0 Å². The van der Waals surface area contributed by atoms with Crippen LogP contribution in [0.15, 0.2) is 22.7 Å². The number of rotatable bonds is 3. The molecule has 1 atom stereocenters. The largest absolute Gasteiger partial charge is 0.343 e. The van der Waals surface area contributed by atoms with Crippen LogP contribution in [-0.4, -0.2) is 17.7 Å². The number of ketones is 1. The molecule has 0 saturated carbocycles.